The molecule has 118 valence electrons. The Balaban J connectivity index is 2.04. The van der Waals surface area contributed by atoms with Crippen molar-refractivity contribution in [3.05, 3.63) is 76.5 Å². The number of amides is 1. The van der Waals surface area contributed by atoms with Gasteiger partial charge in [-0.25, -0.2) is 0 Å². The number of carbonyl (C=O) groups is 1. The van der Waals surface area contributed by atoms with Crippen molar-refractivity contribution in [2.45, 2.75) is 39.5 Å². The quantitative estimate of drug-likeness (QED) is 0.890. The van der Waals surface area contributed by atoms with Crippen molar-refractivity contribution in [3.8, 4) is 0 Å². The summed E-state index contributed by atoms with van der Waals surface area (Å²) in [5.74, 6) is 0.0988. The van der Waals surface area contributed by atoms with Crippen molar-refractivity contribution >= 4 is 11.5 Å². The van der Waals surface area contributed by atoms with Gasteiger partial charge < -0.3 is 5.32 Å². The van der Waals surface area contributed by atoms with Crippen molar-refractivity contribution in [2.75, 3.05) is 0 Å². The van der Waals surface area contributed by atoms with E-state index >= 15 is 0 Å². The Morgan fingerprint density at radius 2 is 1.87 bits per heavy atom. The lowest BCUT2D eigenvalue weighted by molar-refractivity contribution is -0.120. The molecule has 1 amide bonds. The van der Waals surface area contributed by atoms with Crippen molar-refractivity contribution < 1.29 is 4.79 Å². The number of carbonyl (C=O) groups excluding carboxylic acids is 1. The number of allylic oxidation sites excluding steroid dienone is 2. The number of fused-ring (bicyclic) bond motifs is 1. The number of hydrogen-bond donors (Lipinski definition) is 1. The molecule has 0 radical (unpaired) electrons. The monoisotopic (exact) mass is 305 g/mol. The normalized spacial score (nSPS) is 13.7. The van der Waals surface area contributed by atoms with Gasteiger partial charge in [-0.3, -0.25) is 4.79 Å². The van der Waals surface area contributed by atoms with Crippen LogP contribution < -0.4 is 5.32 Å². The van der Waals surface area contributed by atoms with Crippen LogP contribution in [-0.4, -0.2) is 5.91 Å². The van der Waals surface area contributed by atoms with Gasteiger partial charge in [0.25, 0.3) is 0 Å². The molecule has 2 nitrogen and oxygen atoms in total. The molecule has 1 aliphatic carbocycles. The van der Waals surface area contributed by atoms with E-state index in [-0.39, 0.29) is 5.91 Å². The average Bonchev–Trinajstić information content (AvgIpc) is 2.58. The van der Waals surface area contributed by atoms with Gasteiger partial charge in [-0.05, 0) is 48.4 Å². The molecule has 23 heavy (non-hydrogen) atoms. The minimum Gasteiger partial charge on any atom is -0.329 e. The molecule has 0 bridgehead atoms. The van der Waals surface area contributed by atoms with Crippen LogP contribution in [0.3, 0.4) is 0 Å². The molecule has 0 atom stereocenters. The van der Waals surface area contributed by atoms with Crippen LogP contribution in [0.4, 0.5) is 0 Å². The number of benzene rings is 2. The molecule has 1 aliphatic rings. The van der Waals surface area contributed by atoms with E-state index in [4.69, 9.17) is 0 Å². The first-order chi connectivity index (χ1) is 11.2. The topological polar surface area (TPSA) is 29.1 Å². The maximum absolute atomic E-state index is 11.9. The van der Waals surface area contributed by atoms with E-state index in [1.807, 2.05) is 13.0 Å². The highest BCUT2D eigenvalue weighted by Gasteiger charge is 2.20. The van der Waals surface area contributed by atoms with Gasteiger partial charge in [0.05, 0.1) is 0 Å². The molecule has 0 saturated heterocycles. The van der Waals surface area contributed by atoms with Gasteiger partial charge in [-0.1, -0.05) is 61.0 Å². The summed E-state index contributed by atoms with van der Waals surface area (Å²) in [6.45, 7) is 4.02. The van der Waals surface area contributed by atoms with E-state index in [9.17, 15) is 4.79 Å². The predicted molar refractivity (Wildman–Crippen MR) is 95.0 cm³/mol. The molecule has 0 saturated carbocycles. The highest BCUT2D eigenvalue weighted by molar-refractivity contribution is 5.83. The molecule has 0 aliphatic heterocycles. The van der Waals surface area contributed by atoms with E-state index in [1.54, 1.807) is 0 Å². The maximum atomic E-state index is 11.9. The van der Waals surface area contributed by atoms with Crippen LogP contribution >= 0.6 is 0 Å². The zero-order valence-corrected chi connectivity index (χ0v) is 13.9. The lowest BCUT2D eigenvalue weighted by Gasteiger charge is -2.25. The van der Waals surface area contributed by atoms with Gasteiger partial charge in [-0.2, -0.15) is 0 Å². The molecule has 2 aromatic rings. The molecule has 3 rings (SSSR count). The Morgan fingerprint density at radius 3 is 2.61 bits per heavy atom. The van der Waals surface area contributed by atoms with Crippen LogP contribution in [0.25, 0.3) is 5.57 Å². The lowest BCUT2D eigenvalue weighted by Crippen LogP contribution is -2.25. The first-order valence-electron chi connectivity index (χ1n) is 8.33. The summed E-state index contributed by atoms with van der Waals surface area (Å²) in [4.78, 5) is 11.9. The summed E-state index contributed by atoms with van der Waals surface area (Å²) in [5, 5.41) is 3.14. The molecule has 2 aromatic carbocycles. The van der Waals surface area contributed by atoms with Crippen LogP contribution in [0, 0.1) is 6.92 Å². The molecule has 0 aromatic heterocycles. The van der Waals surface area contributed by atoms with Crippen LogP contribution in [-0.2, 0) is 17.6 Å². The summed E-state index contributed by atoms with van der Waals surface area (Å²) in [6, 6.07) is 17.1. The minimum absolute atomic E-state index is 0.0988. The Labute approximate surface area is 138 Å². The summed E-state index contributed by atoms with van der Waals surface area (Å²) in [6.07, 6.45) is 3.27. The molecule has 1 N–H and O–H groups in total. The van der Waals surface area contributed by atoms with E-state index < -0.39 is 0 Å². The van der Waals surface area contributed by atoms with E-state index in [2.05, 4.69) is 54.7 Å². The van der Waals surface area contributed by atoms with Crippen molar-refractivity contribution in [1.29, 1.82) is 0 Å². The van der Waals surface area contributed by atoms with Gasteiger partial charge in [0.1, 0.15) is 0 Å². The van der Waals surface area contributed by atoms with Crippen molar-refractivity contribution in [3.63, 3.8) is 0 Å². The van der Waals surface area contributed by atoms with E-state index in [0.717, 1.165) is 25.0 Å². The molecule has 0 fully saturated rings. The minimum atomic E-state index is 0.0988. The largest absolute Gasteiger partial charge is 0.329 e. The van der Waals surface area contributed by atoms with Gasteiger partial charge in [0.2, 0.25) is 5.91 Å². The van der Waals surface area contributed by atoms with Crippen LogP contribution in [0.15, 0.2) is 54.2 Å². The second-order valence-electron chi connectivity index (χ2n) is 6.18. The predicted octanol–water partition coefficient (Wildman–Crippen LogP) is 4.42. The highest BCUT2D eigenvalue weighted by Crippen LogP contribution is 2.33. The highest BCUT2D eigenvalue weighted by atomic mass is 16.1. The fourth-order valence-corrected chi connectivity index (χ4v) is 3.16. The standard InChI is InChI=1S/C21H23NO/c1-3-21(23)22-20-12-11-17-10-9-15(2)13-18(17)19(20)14-16-7-5-4-6-8-16/h4-10,13H,3,11-12,14H2,1-2H3,(H,22,23). The fourth-order valence-electron chi connectivity index (χ4n) is 3.16. The second-order valence-corrected chi connectivity index (χ2v) is 6.18. The molecule has 0 spiro atoms. The van der Waals surface area contributed by atoms with E-state index in [0.29, 0.717) is 6.42 Å². The summed E-state index contributed by atoms with van der Waals surface area (Å²) >= 11 is 0. The maximum Gasteiger partial charge on any atom is 0.223 e. The second kappa shape index (κ2) is 6.82. The number of aryl methyl sites for hydroxylation is 2. The third kappa shape index (κ3) is 3.53. The summed E-state index contributed by atoms with van der Waals surface area (Å²) < 4.78 is 0. The lowest BCUT2D eigenvalue weighted by atomic mass is 9.84. The number of hydrogen-bond acceptors (Lipinski definition) is 1. The third-order valence-electron chi connectivity index (χ3n) is 4.43. The van der Waals surface area contributed by atoms with Gasteiger partial charge in [0, 0.05) is 12.1 Å². The molecule has 2 heteroatoms. The first kappa shape index (κ1) is 15.5. The zero-order valence-electron chi connectivity index (χ0n) is 13.9. The van der Waals surface area contributed by atoms with Crippen molar-refractivity contribution in [1.82, 2.24) is 5.32 Å². The third-order valence-corrected chi connectivity index (χ3v) is 4.43. The summed E-state index contributed by atoms with van der Waals surface area (Å²) in [7, 11) is 0. The SMILES string of the molecule is CCC(=O)NC1=C(Cc2ccccc2)c2cc(C)ccc2CC1. The zero-order chi connectivity index (χ0) is 16.2. The smallest absolute Gasteiger partial charge is 0.223 e. The van der Waals surface area contributed by atoms with Crippen LogP contribution in [0.5, 0.6) is 0 Å². The molecule has 0 heterocycles. The fraction of sp³-hybridized carbons (Fsp3) is 0.286. The Morgan fingerprint density at radius 1 is 1.09 bits per heavy atom. The van der Waals surface area contributed by atoms with Gasteiger partial charge >= 0.3 is 0 Å². The number of nitrogens with one attached hydrogen (secondary N) is 1. The van der Waals surface area contributed by atoms with Crippen molar-refractivity contribution in [2.24, 2.45) is 0 Å². The van der Waals surface area contributed by atoms with Gasteiger partial charge in [0.15, 0.2) is 0 Å². The van der Waals surface area contributed by atoms with Gasteiger partial charge in [-0.15, -0.1) is 0 Å². The van der Waals surface area contributed by atoms with Crippen LogP contribution in [0.1, 0.15) is 42.0 Å². The number of rotatable bonds is 4. The Kier molecular flexibility index (Phi) is 4.61. The van der Waals surface area contributed by atoms with Crippen LogP contribution in [0.2, 0.25) is 0 Å². The van der Waals surface area contributed by atoms with E-state index in [1.165, 1.54) is 27.8 Å². The first-order valence-corrected chi connectivity index (χ1v) is 8.33. The Bertz CT molecular complexity index is 744. The molecular weight excluding hydrogens is 282 g/mol. The molecular formula is C21H23NO. The Hall–Kier alpha value is -2.35. The molecule has 0 unspecified atom stereocenters. The summed E-state index contributed by atoms with van der Waals surface area (Å²) in [5.41, 5.74) is 7.58. The average molecular weight is 305 g/mol.